The van der Waals surface area contributed by atoms with Crippen LogP contribution in [0.1, 0.15) is 31.2 Å². The highest BCUT2D eigenvalue weighted by molar-refractivity contribution is 7.13. The Morgan fingerprint density at radius 3 is 2.97 bits per heavy atom. The van der Waals surface area contributed by atoms with Crippen LogP contribution in [0.3, 0.4) is 0 Å². The third-order valence-corrected chi connectivity index (χ3v) is 7.31. The van der Waals surface area contributed by atoms with Gasteiger partial charge in [0, 0.05) is 30.6 Å². The standard InChI is InChI=1S/C26H27N5O3S/c1-16-5-4-8-30(12-16)26-27-18(15-35-26)14-33-22-9-19(32-3)10-23-20(22)11-24(34-23)21-13-31-25(28-21)7-6-17(2)29-31/h6-7,9-11,13,15-16H,4-5,8,12,14H2,1-3H3. The summed E-state index contributed by atoms with van der Waals surface area (Å²) < 4.78 is 19.7. The van der Waals surface area contributed by atoms with E-state index in [2.05, 4.69) is 27.3 Å². The Kier molecular flexibility index (Phi) is 5.56. The molecule has 1 saturated heterocycles. The smallest absolute Gasteiger partial charge is 0.185 e. The van der Waals surface area contributed by atoms with Crippen molar-refractivity contribution < 1.29 is 13.9 Å². The van der Waals surface area contributed by atoms with Crippen LogP contribution in [-0.2, 0) is 6.61 Å². The molecule has 8 nitrogen and oxygen atoms in total. The predicted octanol–water partition coefficient (Wildman–Crippen LogP) is 5.73. The second-order valence-electron chi connectivity index (χ2n) is 9.16. The molecule has 1 aromatic carbocycles. The van der Waals surface area contributed by atoms with Crippen LogP contribution in [0.5, 0.6) is 11.5 Å². The van der Waals surface area contributed by atoms with Crippen molar-refractivity contribution in [3.8, 4) is 23.0 Å². The molecule has 4 aromatic heterocycles. The maximum atomic E-state index is 6.24. The molecule has 1 unspecified atom stereocenters. The lowest BCUT2D eigenvalue weighted by Gasteiger charge is -2.30. The van der Waals surface area contributed by atoms with Crippen LogP contribution in [-0.4, -0.2) is 39.8 Å². The first-order valence-corrected chi connectivity index (χ1v) is 12.7. The molecule has 1 aliphatic heterocycles. The lowest BCUT2D eigenvalue weighted by Crippen LogP contribution is -2.34. The first kappa shape index (κ1) is 21.9. The molecule has 5 aromatic rings. The lowest BCUT2D eigenvalue weighted by molar-refractivity contribution is 0.303. The number of aryl methyl sites for hydroxylation is 1. The molecule has 0 spiro atoms. The number of hydrogen-bond acceptors (Lipinski definition) is 8. The topological polar surface area (TPSA) is 77.9 Å². The number of ether oxygens (including phenoxy) is 2. The second kappa shape index (κ2) is 8.88. The van der Waals surface area contributed by atoms with Crippen molar-refractivity contribution in [2.24, 2.45) is 5.92 Å². The van der Waals surface area contributed by atoms with E-state index in [0.717, 1.165) is 40.6 Å². The SMILES string of the molecule is COc1cc(OCc2csc(N3CCCC(C)C3)n2)c2cc(-c3cn4nc(C)ccc4n3)oc2c1. The van der Waals surface area contributed by atoms with Crippen LogP contribution in [0.15, 0.2) is 46.3 Å². The Hall–Kier alpha value is -3.59. The van der Waals surface area contributed by atoms with Crippen molar-refractivity contribution in [1.29, 1.82) is 0 Å². The predicted molar refractivity (Wildman–Crippen MR) is 137 cm³/mol. The molecule has 0 radical (unpaired) electrons. The van der Waals surface area contributed by atoms with Crippen molar-refractivity contribution in [2.45, 2.75) is 33.3 Å². The van der Waals surface area contributed by atoms with Gasteiger partial charge in [-0.2, -0.15) is 5.10 Å². The fourth-order valence-corrected chi connectivity index (χ4v) is 5.41. The Morgan fingerprint density at radius 1 is 1.20 bits per heavy atom. The monoisotopic (exact) mass is 489 g/mol. The number of aromatic nitrogens is 4. The van der Waals surface area contributed by atoms with Gasteiger partial charge in [0.1, 0.15) is 29.4 Å². The van der Waals surface area contributed by atoms with Gasteiger partial charge in [-0.15, -0.1) is 11.3 Å². The van der Waals surface area contributed by atoms with Gasteiger partial charge in [0.05, 0.1) is 30.1 Å². The third-order valence-electron chi connectivity index (χ3n) is 6.36. The number of rotatable bonds is 6. The number of furan rings is 1. The number of imidazole rings is 1. The summed E-state index contributed by atoms with van der Waals surface area (Å²) in [5.41, 5.74) is 4.00. The van der Waals surface area contributed by atoms with E-state index < -0.39 is 0 Å². The van der Waals surface area contributed by atoms with Gasteiger partial charge < -0.3 is 18.8 Å². The minimum absolute atomic E-state index is 0.375. The Bertz CT molecular complexity index is 1500. The van der Waals surface area contributed by atoms with E-state index in [1.54, 1.807) is 23.0 Å². The van der Waals surface area contributed by atoms with Gasteiger partial charge >= 0.3 is 0 Å². The highest BCUT2D eigenvalue weighted by Gasteiger charge is 2.20. The molecule has 35 heavy (non-hydrogen) atoms. The van der Waals surface area contributed by atoms with E-state index in [0.29, 0.717) is 41.1 Å². The molecule has 1 atom stereocenters. The van der Waals surface area contributed by atoms with Crippen molar-refractivity contribution in [3.63, 3.8) is 0 Å². The van der Waals surface area contributed by atoms with Gasteiger partial charge in [-0.1, -0.05) is 6.92 Å². The quantitative estimate of drug-likeness (QED) is 0.301. The first-order valence-electron chi connectivity index (χ1n) is 11.8. The number of nitrogens with zero attached hydrogens (tertiary/aromatic N) is 5. The van der Waals surface area contributed by atoms with Gasteiger partial charge in [0.15, 0.2) is 16.5 Å². The van der Waals surface area contributed by atoms with E-state index in [4.69, 9.17) is 18.9 Å². The number of benzene rings is 1. The normalized spacial score (nSPS) is 16.3. The van der Waals surface area contributed by atoms with Gasteiger partial charge in [-0.05, 0) is 43.9 Å². The summed E-state index contributed by atoms with van der Waals surface area (Å²) >= 11 is 1.68. The molecule has 1 fully saturated rings. The maximum absolute atomic E-state index is 6.24. The number of anilines is 1. The summed E-state index contributed by atoms with van der Waals surface area (Å²) in [6.07, 6.45) is 4.39. The minimum atomic E-state index is 0.375. The zero-order chi connectivity index (χ0) is 23.9. The van der Waals surface area contributed by atoms with Gasteiger partial charge in [-0.25, -0.2) is 14.5 Å². The molecule has 0 amide bonds. The number of thiazole rings is 1. The fraction of sp³-hybridized carbons (Fsp3) is 0.346. The van der Waals surface area contributed by atoms with Gasteiger partial charge in [-0.3, -0.25) is 0 Å². The van der Waals surface area contributed by atoms with Crippen LogP contribution in [0.4, 0.5) is 5.13 Å². The zero-order valence-corrected chi connectivity index (χ0v) is 20.8. The van der Waals surface area contributed by atoms with Crippen LogP contribution in [0.2, 0.25) is 0 Å². The highest BCUT2D eigenvalue weighted by Crippen LogP contribution is 2.37. The molecular weight excluding hydrogens is 462 g/mol. The summed E-state index contributed by atoms with van der Waals surface area (Å²) in [5.74, 6) is 2.71. The average molecular weight is 490 g/mol. The number of hydrogen-bond donors (Lipinski definition) is 0. The largest absolute Gasteiger partial charge is 0.496 e. The Labute approximate surface area is 207 Å². The van der Waals surface area contributed by atoms with Crippen LogP contribution >= 0.6 is 11.3 Å². The van der Waals surface area contributed by atoms with Crippen molar-refractivity contribution in [1.82, 2.24) is 19.6 Å². The zero-order valence-electron chi connectivity index (χ0n) is 20.0. The van der Waals surface area contributed by atoms with Crippen LogP contribution < -0.4 is 14.4 Å². The van der Waals surface area contributed by atoms with E-state index in [-0.39, 0.29) is 0 Å². The highest BCUT2D eigenvalue weighted by atomic mass is 32.1. The lowest BCUT2D eigenvalue weighted by atomic mass is 10.0. The summed E-state index contributed by atoms with van der Waals surface area (Å²) in [7, 11) is 1.64. The average Bonchev–Trinajstić information content (AvgIpc) is 3.59. The molecular formula is C26H27N5O3S. The summed E-state index contributed by atoms with van der Waals surface area (Å²) in [5, 5.41) is 8.50. The molecule has 0 aliphatic carbocycles. The number of fused-ring (bicyclic) bond motifs is 2. The van der Waals surface area contributed by atoms with Crippen LogP contribution in [0, 0.1) is 12.8 Å². The van der Waals surface area contributed by atoms with Crippen molar-refractivity contribution >= 4 is 33.1 Å². The van der Waals surface area contributed by atoms with E-state index in [1.807, 2.05) is 43.5 Å². The van der Waals surface area contributed by atoms with Gasteiger partial charge in [0.25, 0.3) is 0 Å². The molecule has 6 rings (SSSR count). The van der Waals surface area contributed by atoms with Crippen molar-refractivity contribution in [3.05, 3.63) is 53.3 Å². The maximum Gasteiger partial charge on any atom is 0.185 e. The molecule has 9 heteroatoms. The Morgan fingerprint density at radius 2 is 2.11 bits per heavy atom. The third kappa shape index (κ3) is 4.32. The fourth-order valence-electron chi connectivity index (χ4n) is 4.57. The second-order valence-corrected chi connectivity index (χ2v) is 9.99. The van der Waals surface area contributed by atoms with Crippen LogP contribution in [0.25, 0.3) is 28.1 Å². The molecule has 0 saturated carbocycles. The number of piperidine rings is 1. The first-order chi connectivity index (χ1) is 17.1. The number of methoxy groups -OCH3 is 1. The van der Waals surface area contributed by atoms with Crippen molar-refractivity contribution in [2.75, 3.05) is 25.1 Å². The summed E-state index contributed by atoms with van der Waals surface area (Å²) in [4.78, 5) is 11.9. The van der Waals surface area contributed by atoms with E-state index >= 15 is 0 Å². The molecule has 180 valence electrons. The van der Waals surface area contributed by atoms with E-state index in [9.17, 15) is 0 Å². The van der Waals surface area contributed by atoms with Gasteiger partial charge in [0.2, 0.25) is 0 Å². The minimum Gasteiger partial charge on any atom is -0.496 e. The summed E-state index contributed by atoms with van der Waals surface area (Å²) in [6, 6.07) is 9.59. The molecule has 0 N–H and O–H groups in total. The summed E-state index contributed by atoms with van der Waals surface area (Å²) in [6.45, 7) is 6.78. The molecule has 0 bridgehead atoms. The molecule has 1 aliphatic rings. The Balaban J connectivity index is 1.27. The molecule has 5 heterocycles. The van der Waals surface area contributed by atoms with E-state index in [1.165, 1.54) is 12.8 Å².